The number of non-ortho nitro benzene ring substituents is 1. The Morgan fingerprint density at radius 1 is 1.12 bits per heavy atom. The quantitative estimate of drug-likeness (QED) is 0.522. The van der Waals surface area contributed by atoms with Crippen molar-refractivity contribution in [2.75, 3.05) is 12.4 Å². The lowest BCUT2D eigenvalue weighted by atomic mass is 10.3. The summed E-state index contributed by atoms with van der Waals surface area (Å²) in [4.78, 5) is 22.6. The molecule has 0 saturated carbocycles. The SMILES string of the molecule is CNC(=O)Nc1ccc(Sc2c(Cl)cc([N+](=O)[O-])cc2Cl)c(Cl)c1. The van der Waals surface area contributed by atoms with Gasteiger partial charge in [-0.3, -0.25) is 10.1 Å². The molecular formula is C14H10Cl3N3O3S. The van der Waals surface area contributed by atoms with Crippen molar-refractivity contribution < 1.29 is 9.72 Å². The smallest absolute Gasteiger partial charge is 0.318 e. The molecule has 0 saturated heterocycles. The number of halogens is 3. The maximum Gasteiger partial charge on any atom is 0.318 e. The maximum absolute atomic E-state index is 11.3. The molecular weight excluding hydrogens is 397 g/mol. The molecule has 0 unspecified atom stereocenters. The highest BCUT2D eigenvalue weighted by Crippen LogP contribution is 2.43. The molecule has 0 atom stereocenters. The summed E-state index contributed by atoms with van der Waals surface area (Å²) in [5.74, 6) is 0. The second-order valence-electron chi connectivity index (χ2n) is 4.45. The first-order valence-corrected chi connectivity index (χ1v) is 8.36. The fraction of sp³-hybridized carbons (Fsp3) is 0.0714. The summed E-state index contributed by atoms with van der Waals surface area (Å²) in [6, 6.07) is 7.01. The number of nitro groups is 1. The largest absolute Gasteiger partial charge is 0.341 e. The first-order valence-electron chi connectivity index (χ1n) is 6.41. The van der Waals surface area contributed by atoms with Crippen molar-refractivity contribution in [3.63, 3.8) is 0 Å². The van der Waals surface area contributed by atoms with Crippen molar-refractivity contribution in [3.05, 3.63) is 55.5 Å². The molecule has 0 heterocycles. The molecule has 0 aliphatic rings. The van der Waals surface area contributed by atoms with Gasteiger partial charge in [-0.15, -0.1) is 0 Å². The highest BCUT2D eigenvalue weighted by atomic mass is 35.5. The van der Waals surface area contributed by atoms with Crippen molar-refractivity contribution >= 4 is 64.0 Å². The van der Waals surface area contributed by atoms with E-state index in [1.807, 2.05) is 0 Å². The third-order valence-corrected chi connectivity index (χ3v) is 5.29. The number of carbonyl (C=O) groups excluding carboxylic acids is 1. The Kier molecular flexibility index (Phi) is 6.17. The summed E-state index contributed by atoms with van der Waals surface area (Å²) in [6.07, 6.45) is 0. The first-order chi connectivity index (χ1) is 11.3. The Morgan fingerprint density at radius 3 is 2.25 bits per heavy atom. The van der Waals surface area contributed by atoms with Crippen LogP contribution in [0.2, 0.25) is 15.1 Å². The monoisotopic (exact) mass is 405 g/mol. The summed E-state index contributed by atoms with van der Waals surface area (Å²) in [5, 5.41) is 16.5. The molecule has 2 aromatic carbocycles. The van der Waals surface area contributed by atoms with Crippen LogP contribution in [0.5, 0.6) is 0 Å². The number of carbonyl (C=O) groups is 1. The van der Waals surface area contributed by atoms with E-state index in [4.69, 9.17) is 34.8 Å². The van der Waals surface area contributed by atoms with E-state index in [0.29, 0.717) is 20.5 Å². The fourth-order valence-electron chi connectivity index (χ4n) is 1.71. The molecule has 2 amide bonds. The topological polar surface area (TPSA) is 84.3 Å². The number of nitrogens with one attached hydrogen (secondary N) is 2. The molecule has 0 aromatic heterocycles. The van der Waals surface area contributed by atoms with Crippen LogP contribution in [0.4, 0.5) is 16.2 Å². The van der Waals surface area contributed by atoms with E-state index in [9.17, 15) is 14.9 Å². The highest BCUT2D eigenvalue weighted by Gasteiger charge is 2.17. The van der Waals surface area contributed by atoms with Gasteiger partial charge >= 0.3 is 6.03 Å². The van der Waals surface area contributed by atoms with Gasteiger partial charge in [-0.25, -0.2) is 4.79 Å². The van der Waals surface area contributed by atoms with E-state index in [-0.39, 0.29) is 21.8 Å². The minimum Gasteiger partial charge on any atom is -0.341 e. The predicted octanol–water partition coefficient (Wildman–Crippen LogP) is 5.46. The molecule has 0 spiro atoms. The van der Waals surface area contributed by atoms with Crippen LogP contribution in [0.25, 0.3) is 0 Å². The van der Waals surface area contributed by atoms with Crippen molar-refractivity contribution in [3.8, 4) is 0 Å². The van der Waals surface area contributed by atoms with Gasteiger partial charge < -0.3 is 10.6 Å². The van der Waals surface area contributed by atoms with E-state index in [1.165, 1.54) is 30.9 Å². The Bertz CT molecular complexity index is 794. The van der Waals surface area contributed by atoms with E-state index >= 15 is 0 Å². The predicted molar refractivity (Wildman–Crippen MR) is 96.8 cm³/mol. The second kappa shape index (κ2) is 7.94. The number of urea groups is 1. The maximum atomic E-state index is 11.3. The number of nitro benzene ring substituents is 1. The van der Waals surface area contributed by atoms with Crippen LogP contribution in [-0.2, 0) is 0 Å². The Hall–Kier alpha value is -1.67. The minimum absolute atomic E-state index is 0.155. The average Bonchev–Trinajstić information content (AvgIpc) is 2.52. The summed E-state index contributed by atoms with van der Waals surface area (Å²) in [7, 11) is 1.50. The van der Waals surface area contributed by atoms with Gasteiger partial charge in [-0.1, -0.05) is 46.6 Å². The third-order valence-electron chi connectivity index (χ3n) is 2.82. The van der Waals surface area contributed by atoms with Gasteiger partial charge in [0, 0.05) is 29.8 Å². The summed E-state index contributed by atoms with van der Waals surface area (Å²) in [6.45, 7) is 0. The summed E-state index contributed by atoms with van der Waals surface area (Å²) in [5.41, 5.74) is 0.329. The number of hydrogen-bond donors (Lipinski definition) is 2. The number of benzene rings is 2. The van der Waals surface area contributed by atoms with Crippen LogP contribution < -0.4 is 10.6 Å². The standard InChI is InChI=1S/C14H10Cl3N3O3S/c1-18-14(21)19-7-2-3-12(9(15)4-7)24-13-10(16)5-8(20(22)23)6-11(13)17/h2-6H,1H3,(H2,18,19,21). The molecule has 24 heavy (non-hydrogen) atoms. The highest BCUT2D eigenvalue weighted by molar-refractivity contribution is 7.99. The van der Waals surface area contributed by atoms with E-state index in [1.54, 1.807) is 18.2 Å². The number of rotatable bonds is 4. The van der Waals surface area contributed by atoms with Gasteiger partial charge in [0.1, 0.15) is 0 Å². The second-order valence-corrected chi connectivity index (χ2v) is 6.72. The van der Waals surface area contributed by atoms with Crippen molar-refractivity contribution in [1.29, 1.82) is 0 Å². The molecule has 0 aliphatic carbocycles. The van der Waals surface area contributed by atoms with E-state index < -0.39 is 4.92 Å². The Morgan fingerprint density at radius 2 is 1.75 bits per heavy atom. The molecule has 0 radical (unpaired) electrons. The lowest BCUT2D eigenvalue weighted by molar-refractivity contribution is -0.384. The molecule has 0 fully saturated rings. The van der Waals surface area contributed by atoms with Crippen LogP contribution in [0.1, 0.15) is 0 Å². The molecule has 0 bridgehead atoms. The molecule has 2 N–H and O–H groups in total. The average molecular weight is 407 g/mol. The lowest BCUT2D eigenvalue weighted by Crippen LogP contribution is -2.24. The molecule has 6 nitrogen and oxygen atoms in total. The Labute approximate surface area is 156 Å². The number of anilines is 1. The van der Waals surface area contributed by atoms with Crippen molar-refractivity contribution in [1.82, 2.24) is 5.32 Å². The van der Waals surface area contributed by atoms with Crippen LogP contribution in [0.15, 0.2) is 40.1 Å². The normalized spacial score (nSPS) is 10.3. The molecule has 126 valence electrons. The van der Waals surface area contributed by atoms with Crippen molar-refractivity contribution in [2.45, 2.75) is 9.79 Å². The van der Waals surface area contributed by atoms with Gasteiger partial charge in [0.2, 0.25) is 0 Å². The fourth-order valence-corrected chi connectivity index (χ4v) is 3.54. The molecule has 2 aromatic rings. The van der Waals surface area contributed by atoms with Crippen LogP contribution >= 0.6 is 46.6 Å². The molecule has 0 aliphatic heterocycles. The summed E-state index contributed by atoms with van der Waals surface area (Å²) < 4.78 is 0. The minimum atomic E-state index is -0.571. The van der Waals surface area contributed by atoms with E-state index in [0.717, 1.165) is 0 Å². The Balaban J connectivity index is 2.28. The van der Waals surface area contributed by atoms with Crippen molar-refractivity contribution in [2.24, 2.45) is 0 Å². The summed E-state index contributed by atoms with van der Waals surface area (Å²) >= 11 is 19.5. The van der Waals surface area contributed by atoms with Gasteiger partial charge in [0.15, 0.2) is 0 Å². The van der Waals surface area contributed by atoms with E-state index in [2.05, 4.69) is 10.6 Å². The third kappa shape index (κ3) is 4.45. The van der Waals surface area contributed by atoms with Crippen LogP contribution in [-0.4, -0.2) is 18.0 Å². The molecule has 10 heteroatoms. The van der Waals surface area contributed by atoms with Gasteiger partial charge in [-0.05, 0) is 18.2 Å². The molecule has 2 rings (SSSR count). The van der Waals surface area contributed by atoms with Gasteiger partial charge in [0.25, 0.3) is 5.69 Å². The lowest BCUT2D eigenvalue weighted by Gasteiger charge is -2.10. The van der Waals surface area contributed by atoms with Gasteiger partial charge in [0.05, 0.1) is 24.9 Å². The number of nitrogens with zero attached hydrogens (tertiary/aromatic N) is 1. The number of amides is 2. The number of hydrogen-bond acceptors (Lipinski definition) is 4. The zero-order valence-corrected chi connectivity index (χ0v) is 15.2. The zero-order chi connectivity index (χ0) is 17.9. The van der Waals surface area contributed by atoms with Crippen LogP contribution in [0, 0.1) is 10.1 Å². The van der Waals surface area contributed by atoms with Gasteiger partial charge in [-0.2, -0.15) is 0 Å². The van der Waals surface area contributed by atoms with Crippen LogP contribution in [0.3, 0.4) is 0 Å². The zero-order valence-electron chi connectivity index (χ0n) is 12.1. The first kappa shape index (κ1) is 18.7.